The van der Waals surface area contributed by atoms with E-state index in [1.165, 1.54) is 18.4 Å². The van der Waals surface area contributed by atoms with Crippen LogP contribution >= 0.6 is 0 Å². The van der Waals surface area contributed by atoms with Crippen molar-refractivity contribution in [3.8, 4) is 0 Å². The van der Waals surface area contributed by atoms with Gasteiger partial charge in [-0.05, 0) is 73.7 Å². The first-order chi connectivity index (χ1) is 13.7. The van der Waals surface area contributed by atoms with Crippen LogP contribution in [0.25, 0.3) is 10.9 Å². The summed E-state index contributed by atoms with van der Waals surface area (Å²) in [5.41, 5.74) is 4.13. The lowest BCUT2D eigenvalue weighted by Crippen LogP contribution is -2.30. The third-order valence-electron chi connectivity index (χ3n) is 5.61. The molecule has 28 heavy (non-hydrogen) atoms. The lowest BCUT2D eigenvalue weighted by Gasteiger charge is -2.23. The minimum atomic E-state index is 0.0479. The fourth-order valence-electron chi connectivity index (χ4n) is 4.07. The van der Waals surface area contributed by atoms with E-state index in [4.69, 9.17) is 0 Å². The predicted molar refractivity (Wildman–Crippen MR) is 113 cm³/mol. The fraction of sp³-hybridized carbons (Fsp3) is 0.333. The Kier molecular flexibility index (Phi) is 5.68. The van der Waals surface area contributed by atoms with Gasteiger partial charge in [-0.1, -0.05) is 30.3 Å². The van der Waals surface area contributed by atoms with Gasteiger partial charge < -0.3 is 10.2 Å². The van der Waals surface area contributed by atoms with Crippen LogP contribution in [0.1, 0.15) is 34.3 Å². The smallest absolute Gasteiger partial charge is 0.253 e. The summed E-state index contributed by atoms with van der Waals surface area (Å²) in [4.78, 5) is 19.1. The zero-order chi connectivity index (χ0) is 19.3. The summed E-state index contributed by atoms with van der Waals surface area (Å²) < 4.78 is 0. The molecule has 0 spiro atoms. The van der Waals surface area contributed by atoms with E-state index < -0.39 is 0 Å². The van der Waals surface area contributed by atoms with Gasteiger partial charge in [0.15, 0.2) is 0 Å². The number of hydrogen-bond donors (Lipinski definition) is 1. The van der Waals surface area contributed by atoms with E-state index in [0.29, 0.717) is 12.5 Å². The average molecular weight is 374 g/mol. The largest absolute Gasteiger partial charge is 0.337 e. The zero-order valence-corrected chi connectivity index (χ0v) is 16.4. The van der Waals surface area contributed by atoms with E-state index in [1.807, 2.05) is 37.4 Å². The van der Waals surface area contributed by atoms with Crippen molar-refractivity contribution in [2.45, 2.75) is 25.8 Å². The van der Waals surface area contributed by atoms with Gasteiger partial charge in [-0.25, -0.2) is 0 Å². The van der Waals surface area contributed by atoms with Crippen LogP contribution in [0.3, 0.4) is 0 Å². The minimum absolute atomic E-state index is 0.0479. The third kappa shape index (κ3) is 4.23. The Morgan fingerprint density at radius 2 is 2.00 bits per heavy atom. The van der Waals surface area contributed by atoms with E-state index >= 15 is 0 Å². The quantitative estimate of drug-likeness (QED) is 0.734. The highest BCUT2D eigenvalue weighted by molar-refractivity contribution is 5.94. The second-order valence-electron chi connectivity index (χ2n) is 7.76. The number of piperidine rings is 1. The highest BCUT2D eigenvalue weighted by atomic mass is 16.2. The number of carbonyl (C=O) groups is 1. The van der Waals surface area contributed by atoms with Crippen LogP contribution in [0.5, 0.6) is 0 Å². The Morgan fingerprint density at radius 1 is 1.14 bits per heavy atom. The number of nitrogens with one attached hydrogen (secondary N) is 1. The Hall–Kier alpha value is -2.72. The molecule has 1 fully saturated rings. The molecule has 1 atom stereocenters. The molecule has 1 aliphatic rings. The summed E-state index contributed by atoms with van der Waals surface area (Å²) >= 11 is 0. The first-order valence-electron chi connectivity index (χ1n) is 10.1. The molecular weight excluding hydrogens is 346 g/mol. The molecule has 1 aliphatic heterocycles. The Labute approximate surface area is 166 Å². The summed E-state index contributed by atoms with van der Waals surface area (Å²) in [7, 11) is 1.86. The van der Waals surface area contributed by atoms with E-state index in [0.717, 1.165) is 41.5 Å². The van der Waals surface area contributed by atoms with E-state index in [-0.39, 0.29) is 5.91 Å². The first-order valence-corrected chi connectivity index (χ1v) is 10.1. The fourth-order valence-corrected chi connectivity index (χ4v) is 4.07. The molecule has 3 aromatic rings. The van der Waals surface area contributed by atoms with Crippen LogP contribution in [-0.4, -0.2) is 35.9 Å². The SMILES string of the molecule is CN(Cc1cccc2ncccc12)C(=O)c1ccc(CC2CCCNC2)cc1. The number of aromatic nitrogens is 1. The van der Waals surface area contributed by atoms with Gasteiger partial charge in [0.2, 0.25) is 0 Å². The molecule has 1 saturated heterocycles. The summed E-state index contributed by atoms with van der Waals surface area (Å²) in [5.74, 6) is 0.754. The number of nitrogens with zero attached hydrogens (tertiary/aromatic N) is 2. The van der Waals surface area contributed by atoms with Crippen LogP contribution in [0, 0.1) is 5.92 Å². The maximum atomic E-state index is 12.9. The highest BCUT2D eigenvalue weighted by Gasteiger charge is 2.16. The van der Waals surface area contributed by atoms with Gasteiger partial charge >= 0.3 is 0 Å². The molecule has 0 aliphatic carbocycles. The lowest BCUT2D eigenvalue weighted by molar-refractivity contribution is 0.0785. The number of carbonyl (C=O) groups excluding carboxylic acids is 1. The number of amides is 1. The van der Waals surface area contributed by atoms with E-state index in [1.54, 1.807) is 11.1 Å². The maximum absolute atomic E-state index is 12.9. The molecule has 2 aromatic carbocycles. The van der Waals surface area contributed by atoms with Crippen molar-refractivity contribution >= 4 is 16.8 Å². The van der Waals surface area contributed by atoms with Gasteiger partial charge in [0, 0.05) is 30.7 Å². The molecule has 2 heterocycles. The van der Waals surface area contributed by atoms with Crippen molar-refractivity contribution in [2.24, 2.45) is 5.92 Å². The number of rotatable bonds is 5. The third-order valence-corrected chi connectivity index (χ3v) is 5.61. The Balaban J connectivity index is 1.43. The second kappa shape index (κ2) is 8.53. The maximum Gasteiger partial charge on any atom is 0.253 e. The molecule has 1 N–H and O–H groups in total. The van der Waals surface area contributed by atoms with Crippen LogP contribution in [0.15, 0.2) is 60.8 Å². The number of hydrogen-bond acceptors (Lipinski definition) is 3. The summed E-state index contributed by atoms with van der Waals surface area (Å²) in [6.45, 7) is 2.81. The normalized spacial score (nSPS) is 16.8. The zero-order valence-electron chi connectivity index (χ0n) is 16.4. The molecule has 0 radical (unpaired) electrons. The molecule has 1 unspecified atom stereocenters. The summed E-state index contributed by atoms with van der Waals surface area (Å²) in [6, 6.07) is 18.2. The van der Waals surface area contributed by atoms with E-state index in [2.05, 4.69) is 34.6 Å². The number of pyridine rings is 1. The van der Waals surface area contributed by atoms with Gasteiger partial charge in [-0.15, -0.1) is 0 Å². The predicted octanol–water partition coefficient (Wildman–Crippen LogP) is 4.05. The molecule has 0 saturated carbocycles. The van der Waals surface area contributed by atoms with Gasteiger partial charge in [0.05, 0.1) is 5.52 Å². The Bertz CT molecular complexity index is 940. The Morgan fingerprint density at radius 3 is 2.79 bits per heavy atom. The molecule has 0 bridgehead atoms. The lowest BCUT2D eigenvalue weighted by atomic mass is 9.92. The molecule has 4 heteroatoms. The van der Waals surface area contributed by atoms with Crippen molar-refractivity contribution < 1.29 is 4.79 Å². The van der Waals surface area contributed by atoms with Crippen molar-refractivity contribution in [3.63, 3.8) is 0 Å². The number of benzene rings is 2. The van der Waals surface area contributed by atoms with Gasteiger partial charge in [0.1, 0.15) is 0 Å². The molecule has 1 aromatic heterocycles. The average Bonchev–Trinajstić information content (AvgIpc) is 2.75. The molecule has 144 valence electrons. The van der Waals surface area contributed by atoms with Crippen LogP contribution < -0.4 is 5.32 Å². The van der Waals surface area contributed by atoms with Crippen molar-refractivity contribution in [2.75, 3.05) is 20.1 Å². The van der Waals surface area contributed by atoms with Gasteiger partial charge in [0.25, 0.3) is 5.91 Å². The van der Waals surface area contributed by atoms with Crippen LogP contribution in [0.2, 0.25) is 0 Å². The monoisotopic (exact) mass is 373 g/mol. The molecule has 4 rings (SSSR count). The molecule has 1 amide bonds. The highest BCUT2D eigenvalue weighted by Crippen LogP contribution is 2.20. The number of fused-ring (bicyclic) bond motifs is 1. The van der Waals surface area contributed by atoms with Crippen molar-refractivity contribution in [1.82, 2.24) is 15.2 Å². The van der Waals surface area contributed by atoms with Crippen molar-refractivity contribution in [1.29, 1.82) is 0 Å². The van der Waals surface area contributed by atoms with Crippen LogP contribution in [0.4, 0.5) is 0 Å². The molecular formula is C24H27N3O. The standard InChI is InChI=1S/C24H27N3O/c1-27(17-21-6-2-8-23-22(21)7-4-14-26-23)24(28)20-11-9-18(10-12-20)15-19-5-3-13-25-16-19/h2,4,6-12,14,19,25H,3,5,13,15-17H2,1H3. The molecule has 4 nitrogen and oxygen atoms in total. The topological polar surface area (TPSA) is 45.2 Å². The summed E-state index contributed by atoms with van der Waals surface area (Å²) in [6.07, 6.45) is 5.43. The first kappa shape index (κ1) is 18.6. The van der Waals surface area contributed by atoms with Gasteiger partial charge in [-0.2, -0.15) is 0 Å². The second-order valence-corrected chi connectivity index (χ2v) is 7.76. The van der Waals surface area contributed by atoms with Gasteiger partial charge in [-0.3, -0.25) is 9.78 Å². The van der Waals surface area contributed by atoms with Crippen LogP contribution in [-0.2, 0) is 13.0 Å². The van der Waals surface area contributed by atoms with Crippen molar-refractivity contribution in [3.05, 3.63) is 77.5 Å². The minimum Gasteiger partial charge on any atom is -0.337 e. The van der Waals surface area contributed by atoms with E-state index in [9.17, 15) is 4.79 Å². The summed E-state index contributed by atoms with van der Waals surface area (Å²) in [5, 5.41) is 4.57.